The van der Waals surface area contributed by atoms with Crippen LogP contribution in [0.5, 0.6) is 5.75 Å². The average Bonchev–Trinajstić information content (AvgIpc) is 2.29. The molecule has 0 fully saturated rings. The predicted molar refractivity (Wildman–Crippen MR) is 59.7 cm³/mol. The van der Waals surface area contributed by atoms with Gasteiger partial charge in [0.1, 0.15) is 12.0 Å². The van der Waals surface area contributed by atoms with Crippen LogP contribution in [0.1, 0.15) is 22.3 Å². The number of carboxylic acids is 1. The number of hydrogen-bond acceptors (Lipinski definition) is 3. The van der Waals surface area contributed by atoms with Crippen molar-refractivity contribution in [2.24, 2.45) is 0 Å². The van der Waals surface area contributed by atoms with E-state index in [4.69, 9.17) is 9.84 Å². The number of methoxy groups -OCH3 is 1. The molecule has 0 atom stereocenters. The molecule has 1 N–H and O–H groups in total. The Morgan fingerprint density at radius 2 is 2.25 bits per heavy atom. The zero-order chi connectivity index (χ0) is 12.0. The summed E-state index contributed by atoms with van der Waals surface area (Å²) in [5.41, 5.74) is 0.705. The largest absolute Gasteiger partial charge is 0.497 e. The Hall–Kier alpha value is -2.10. The van der Waals surface area contributed by atoms with Crippen molar-refractivity contribution in [1.29, 1.82) is 0 Å². The number of carbonyl (C=O) groups excluding carboxylic acids is 1. The van der Waals surface area contributed by atoms with Gasteiger partial charge < -0.3 is 14.6 Å². The number of allylic oxidation sites excluding steroid dienone is 1. The standard InChI is InChI=1S/C12H12O4/c1-16-10-6-5-9(4-2-3-7-13)11(8-10)12(14)15/h2,4-8H,3H2,1H3,(H,14,15). The van der Waals surface area contributed by atoms with Gasteiger partial charge in [-0.2, -0.15) is 0 Å². The first-order valence-corrected chi connectivity index (χ1v) is 4.70. The molecule has 4 nitrogen and oxygen atoms in total. The molecule has 84 valence electrons. The van der Waals surface area contributed by atoms with E-state index < -0.39 is 5.97 Å². The van der Waals surface area contributed by atoms with E-state index in [0.29, 0.717) is 11.3 Å². The highest BCUT2D eigenvalue weighted by Crippen LogP contribution is 2.19. The van der Waals surface area contributed by atoms with E-state index in [0.717, 1.165) is 6.29 Å². The minimum atomic E-state index is -1.02. The van der Waals surface area contributed by atoms with E-state index in [9.17, 15) is 9.59 Å². The normalized spacial score (nSPS) is 10.3. The lowest BCUT2D eigenvalue weighted by molar-refractivity contribution is -0.107. The summed E-state index contributed by atoms with van der Waals surface area (Å²) in [6.45, 7) is 0. The summed E-state index contributed by atoms with van der Waals surface area (Å²) in [6.07, 6.45) is 4.24. The van der Waals surface area contributed by atoms with Crippen LogP contribution in [-0.2, 0) is 4.79 Å². The molecule has 16 heavy (non-hydrogen) atoms. The van der Waals surface area contributed by atoms with Crippen molar-refractivity contribution in [2.45, 2.75) is 6.42 Å². The predicted octanol–water partition coefficient (Wildman–Crippen LogP) is 2.00. The molecule has 4 heteroatoms. The first kappa shape index (κ1) is 12.0. The fourth-order valence-corrected chi connectivity index (χ4v) is 1.24. The molecule has 0 aliphatic heterocycles. The molecule has 0 radical (unpaired) electrons. The van der Waals surface area contributed by atoms with Crippen molar-refractivity contribution in [3.63, 3.8) is 0 Å². The molecule has 0 saturated carbocycles. The van der Waals surface area contributed by atoms with Gasteiger partial charge in [0.25, 0.3) is 0 Å². The molecule has 0 unspecified atom stereocenters. The van der Waals surface area contributed by atoms with Crippen LogP contribution in [0.3, 0.4) is 0 Å². The van der Waals surface area contributed by atoms with Gasteiger partial charge in [0.2, 0.25) is 0 Å². The maximum absolute atomic E-state index is 11.0. The SMILES string of the molecule is COc1ccc(C=CCC=O)c(C(=O)O)c1. The van der Waals surface area contributed by atoms with Crippen LogP contribution in [0.4, 0.5) is 0 Å². The Balaban J connectivity index is 3.07. The summed E-state index contributed by atoms with van der Waals surface area (Å²) in [6, 6.07) is 4.76. The Bertz CT molecular complexity index is 421. The number of benzene rings is 1. The molecular formula is C12H12O4. The van der Waals surface area contributed by atoms with E-state index in [1.54, 1.807) is 24.3 Å². The molecule has 0 bridgehead atoms. The zero-order valence-electron chi connectivity index (χ0n) is 8.84. The minimum Gasteiger partial charge on any atom is -0.497 e. The maximum atomic E-state index is 11.0. The Kier molecular flexibility index (Phi) is 4.27. The number of rotatable bonds is 5. The van der Waals surface area contributed by atoms with E-state index in [1.165, 1.54) is 13.2 Å². The van der Waals surface area contributed by atoms with Crippen LogP contribution in [0.2, 0.25) is 0 Å². The summed E-state index contributed by atoms with van der Waals surface area (Å²) in [5.74, 6) is -0.533. The third-order valence-electron chi connectivity index (χ3n) is 2.02. The smallest absolute Gasteiger partial charge is 0.336 e. The zero-order valence-corrected chi connectivity index (χ0v) is 8.84. The topological polar surface area (TPSA) is 63.6 Å². The second-order valence-electron chi connectivity index (χ2n) is 3.06. The van der Waals surface area contributed by atoms with Crippen molar-refractivity contribution in [3.8, 4) is 5.75 Å². The van der Waals surface area contributed by atoms with Gasteiger partial charge in [0.15, 0.2) is 0 Å². The molecule has 1 aromatic rings. The molecular weight excluding hydrogens is 208 g/mol. The Morgan fingerprint density at radius 3 is 2.81 bits per heavy atom. The van der Waals surface area contributed by atoms with E-state index in [1.807, 2.05) is 0 Å². The second kappa shape index (κ2) is 5.70. The number of carbonyl (C=O) groups is 2. The molecule has 1 aromatic carbocycles. The molecule has 0 amide bonds. The molecule has 0 aromatic heterocycles. The van der Waals surface area contributed by atoms with Gasteiger partial charge in [-0.05, 0) is 17.7 Å². The van der Waals surface area contributed by atoms with Crippen molar-refractivity contribution in [3.05, 3.63) is 35.4 Å². The van der Waals surface area contributed by atoms with Crippen LogP contribution < -0.4 is 4.74 Å². The first-order valence-electron chi connectivity index (χ1n) is 4.70. The highest BCUT2D eigenvalue weighted by molar-refractivity contribution is 5.92. The average molecular weight is 220 g/mol. The summed E-state index contributed by atoms with van der Waals surface area (Å²) in [5, 5.41) is 8.98. The summed E-state index contributed by atoms with van der Waals surface area (Å²) < 4.78 is 4.94. The van der Waals surface area contributed by atoms with Gasteiger partial charge in [-0.1, -0.05) is 18.2 Å². The lowest BCUT2D eigenvalue weighted by Crippen LogP contribution is -2.00. The van der Waals surface area contributed by atoms with Crippen molar-refractivity contribution >= 4 is 18.3 Å². The minimum absolute atomic E-state index is 0.154. The molecule has 0 aliphatic carbocycles. The molecule has 1 rings (SSSR count). The third kappa shape index (κ3) is 2.95. The fraction of sp³-hybridized carbons (Fsp3) is 0.167. The van der Waals surface area contributed by atoms with Gasteiger partial charge >= 0.3 is 5.97 Å². The number of hydrogen-bond donors (Lipinski definition) is 1. The van der Waals surface area contributed by atoms with Gasteiger partial charge in [0.05, 0.1) is 12.7 Å². The van der Waals surface area contributed by atoms with E-state index in [2.05, 4.69) is 0 Å². The van der Waals surface area contributed by atoms with Gasteiger partial charge in [-0.25, -0.2) is 4.79 Å². The van der Waals surface area contributed by atoms with Crippen LogP contribution in [0.25, 0.3) is 6.08 Å². The van der Waals surface area contributed by atoms with Crippen molar-refractivity contribution in [2.75, 3.05) is 7.11 Å². The van der Waals surface area contributed by atoms with E-state index in [-0.39, 0.29) is 12.0 Å². The third-order valence-corrected chi connectivity index (χ3v) is 2.02. The van der Waals surface area contributed by atoms with Gasteiger partial charge in [0, 0.05) is 6.42 Å². The van der Waals surface area contributed by atoms with Crippen molar-refractivity contribution < 1.29 is 19.4 Å². The quantitative estimate of drug-likeness (QED) is 0.771. The summed E-state index contributed by atoms with van der Waals surface area (Å²) in [4.78, 5) is 21.1. The van der Waals surface area contributed by atoms with Crippen LogP contribution >= 0.6 is 0 Å². The number of aromatic carboxylic acids is 1. The molecule has 0 aliphatic rings. The number of aldehydes is 1. The lowest BCUT2D eigenvalue weighted by Gasteiger charge is -2.04. The Morgan fingerprint density at radius 1 is 1.50 bits per heavy atom. The maximum Gasteiger partial charge on any atom is 0.336 e. The lowest BCUT2D eigenvalue weighted by atomic mass is 10.1. The highest BCUT2D eigenvalue weighted by Gasteiger charge is 2.08. The molecule has 0 heterocycles. The first-order chi connectivity index (χ1) is 7.69. The van der Waals surface area contributed by atoms with Gasteiger partial charge in [-0.15, -0.1) is 0 Å². The Labute approximate surface area is 93.2 Å². The fourth-order valence-electron chi connectivity index (χ4n) is 1.24. The number of carboxylic acid groups (broad SMARTS) is 1. The monoisotopic (exact) mass is 220 g/mol. The van der Waals surface area contributed by atoms with Crippen molar-refractivity contribution in [1.82, 2.24) is 0 Å². The summed E-state index contributed by atoms with van der Waals surface area (Å²) >= 11 is 0. The molecule has 0 spiro atoms. The van der Waals surface area contributed by atoms with Gasteiger partial charge in [-0.3, -0.25) is 0 Å². The van der Waals surface area contributed by atoms with Crippen LogP contribution in [-0.4, -0.2) is 24.5 Å². The summed E-state index contributed by atoms with van der Waals surface area (Å²) in [7, 11) is 1.48. The highest BCUT2D eigenvalue weighted by atomic mass is 16.5. The molecule has 0 saturated heterocycles. The van der Waals surface area contributed by atoms with E-state index >= 15 is 0 Å². The number of ether oxygens (including phenoxy) is 1. The second-order valence-corrected chi connectivity index (χ2v) is 3.06. The van der Waals surface area contributed by atoms with Crippen LogP contribution in [0, 0.1) is 0 Å². The van der Waals surface area contributed by atoms with Crippen LogP contribution in [0.15, 0.2) is 24.3 Å².